The molecule has 0 atom stereocenters. The van der Waals surface area contributed by atoms with Gasteiger partial charge in [-0.2, -0.15) is 12.6 Å². The lowest BCUT2D eigenvalue weighted by Crippen LogP contribution is -2.09. The summed E-state index contributed by atoms with van der Waals surface area (Å²) in [7, 11) is 0. The first kappa shape index (κ1) is 10.6. The van der Waals surface area contributed by atoms with Gasteiger partial charge in [-0.05, 0) is 24.8 Å². The Balaban J connectivity index is 2.29. The molecule has 0 N–H and O–H groups in total. The summed E-state index contributed by atoms with van der Waals surface area (Å²) in [4.78, 5) is 0. The molecule has 0 radical (unpaired) electrons. The van der Waals surface area contributed by atoms with E-state index in [9.17, 15) is 0 Å². The van der Waals surface area contributed by atoms with Crippen LogP contribution < -0.4 is 0 Å². The zero-order valence-electron chi connectivity index (χ0n) is 8.46. The lowest BCUT2D eigenvalue weighted by atomic mass is 10.0. The van der Waals surface area contributed by atoms with Gasteiger partial charge in [0.05, 0.1) is 0 Å². The first-order valence-electron chi connectivity index (χ1n) is 4.84. The molecular formula is C12H18S. The molecule has 0 aliphatic heterocycles. The fourth-order valence-electron chi connectivity index (χ4n) is 1.37. The predicted molar refractivity (Wildman–Crippen MR) is 62.4 cm³/mol. The first-order valence-corrected chi connectivity index (χ1v) is 5.29. The summed E-state index contributed by atoms with van der Waals surface area (Å²) in [5.74, 6) is 0. The molecule has 1 aromatic rings. The van der Waals surface area contributed by atoms with Crippen LogP contribution in [-0.2, 0) is 6.42 Å². The smallest absolute Gasteiger partial charge is 0.00732 e. The second kappa shape index (κ2) is 4.71. The maximum atomic E-state index is 4.50. The Labute approximate surface area is 86.8 Å². The molecule has 1 aromatic carbocycles. The average molecular weight is 194 g/mol. The number of benzene rings is 1. The van der Waals surface area contributed by atoms with Gasteiger partial charge in [-0.25, -0.2) is 0 Å². The molecule has 0 bridgehead atoms. The van der Waals surface area contributed by atoms with Gasteiger partial charge >= 0.3 is 0 Å². The van der Waals surface area contributed by atoms with Crippen LogP contribution in [0.25, 0.3) is 0 Å². The molecular weight excluding hydrogens is 176 g/mol. The van der Waals surface area contributed by atoms with E-state index in [4.69, 9.17) is 0 Å². The summed E-state index contributed by atoms with van der Waals surface area (Å²) >= 11 is 4.50. The van der Waals surface area contributed by atoms with Gasteiger partial charge in [-0.3, -0.25) is 0 Å². The minimum atomic E-state index is 0.175. The van der Waals surface area contributed by atoms with E-state index < -0.39 is 0 Å². The van der Waals surface area contributed by atoms with E-state index in [1.54, 1.807) is 0 Å². The van der Waals surface area contributed by atoms with Gasteiger partial charge in [-0.15, -0.1) is 0 Å². The molecule has 1 heteroatoms. The fraction of sp³-hybridized carbons (Fsp3) is 0.500. The number of rotatable bonds is 4. The standard InChI is InChI=1S/C12H18S/c1-12(2,13)10-6-9-11-7-4-3-5-8-11/h3-5,7-8,13H,6,9-10H2,1-2H3. The first-order chi connectivity index (χ1) is 6.08. The van der Waals surface area contributed by atoms with E-state index in [2.05, 4.69) is 56.8 Å². The summed E-state index contributed by atoms with van der Waals surface area (Å²) < 4.78 is 0.175. The molecule has 1 rings (SSSR count). The van der Waals surface area contributed by atoms with E-state index >= 15 is 0 Å². The monoisotopic (exact) mass is 194 g/mol. The van der Waals surface area contributed by atoms with Gasteiger partial charge in [-0.1, -0.05) is 44.2 Å². The zero-order chi connectivity index (χ0) is 9.73. The van der Waals surface area contributed by atoms with Crippen molar-refractivity contribution in [2.45, 2.75) is 37.9 Å². The van der Waals surface area contributed by atoms with E-state index in [1.807, 2.05) is 0 Å². The Bertz CT molecular complexity index is 233. The highest BCUT2D eigenvalue weighted by Gasteiger charge is 2.09. The molecule has 0 aliphatic rings. The van der Waals surface area contributed by atoms with Crippen molar-refractivity contribution in [2.24, 2.45) is 0 Å². The second-order valence-electron chi connectivity index (χ2n) is 4.15. The van der Waals surface area contributed by atoms with Gasteiger partial charge in [0, 0.05) is 4.75 Å². The summed E-state index contributed by atoms with van der Waals surface area (Å²) in [5.41, 5.74) is 1.43. The van der Waals surface area contributed by atoms with Gasteiger partial charge < -0.3 is 0 Å². The van der Waals surface area contributed by atoms with Crippen molar-refractivity contribution in [2.75, 3.05) is 0 Å². The van der Waals surface area contributed by atoms with Crippen LogP contribution in [0, 0.1) is 0 Å². The van der Waals surface area contributed by atoms with Crippen LogP contribution in [-0.4, -0.2) is 4.75 Å². The fourth-order valence-corrected chi connectivity index (χ4v) is 1.53. The Morgan fingerprint density at radius 1 is 1.15 bits per heavy atom. The highest BCUT2D eigenvalue weighted by molar-refractivity contribution is 7.81. The molecule has 0 aromatic heterocycles. The Morgan fingerprint density at radius 3 is 2.31 bits per heavy atom. The Morgan fingerprint density at radius 2 is 1.77 bits per heavy atom. The maximum Gasteiger partial charge on any atom is 0.00732 e. The van der Waals surface area contributed by atoms with Crippen molar-refractivity contribution >= 4 is 12.6 Å². The molecule has 0 unspecified atom stereocenters. The topological polar surface area (TPSA) is 0 Å². The van der Waals surface area contributed by atoms with E-state index in [0.29, 0.717) is 0 Å². The van der Waals surface area contributed by atoms with Gasteiger partial charge in [0.1, 0.15) is 0 Å². The molecule has 0 nitrogen and oxygen atoms in total. The SMILES string of the molecule is CC(C)(S)CCCc1ccccc1. The molecule has 72 valence electrons. The van der Waals surface area contributed by atoms with Crippen LogP contribution in [0.2, 0.25) is 0 Å². The van der Waals surface area contributed by atoms with Crippen LogP contribution in [0.3, 0.4) is 0 Å². The number of hydrogen-bond donors (Lipinski definition) is 1. The molecule has 0 saturated carbocycles. The summed E-state index contributed by atoms with van der Waals surface area (Å²) in [6.07, 6.45) is 3.57. The van der Waals surface area contributed by atoms with E-state index in [-0.39, 0.29) is 4.75 Å². The van der Waals surface area contributed by atoms with Crippen LogP contribution in [0.4, 0.5) is 0 Å². The van der Waals surface area contributed by atoms with Gasteiger partial charge in [0.25, 0.3) is 0 Å². The minimum Gasteiger partial charge on any atom is -0.173 e. The van der Waals surface area contributed by atoms with Crippen LogP contribution in [0.5, 0.6) is 0 Å². The minimum absolute atomic E-state index is 0.175. The van der Waals surface area contributed by atoms with Crippen molar-refractivity contribution in [3.8, 4) is 0 Å². The van der Waals surface area contributed by atoms with Crippen molar-refractivity contribution in [3.63, 3.8) is 0 Å². The molecule has 13 heavy (non-hydrogen) atoms. The van der Waals surface area contributed by atoms with E-state index in [0.717, 1.165) is 0 Å². The molecule has 0 saturated heterocycles. The van der Waals surface area contributed by atoms with Crippen molar-refractivity contribution < 1.29 is 0 Å². The normalized spacial score (nSPS) is 11.6. The maximum absolute atomic E-state index is 4.50. The van der Waals surface area contributed by atoms with Crippen LogP contribution in [0.1, 0.15) is 32.3 Å². The second-order valence-corrected chi connectivity index (χ2v) is 5.36. The lowest BCUT2D eigenvalue weighted by Gasteiger charge is -2.16. The molecule has 0 fully saturated rings. The van der Waals surface area contributed by atoms with Crippen LogP contribution >= 0.6 is 12.6 Å². The van der Waals surface area contributed by atoms with Crippen molar-refractivity contribution in [1.82, 2.24) is 0 Å². The highest BCUT2D eigenvalue weighted by atomic mass is 32.1. The number of aryl methyl sites for hydroxylation is 1. The predicted octanol–water partition coefficient (Wildman–Crippen LogP) is 3.72. The third-order valence-corrected chi connectivity index (χ3v) is 2.32. The van der Waals surface area contributed by atoms with Gasteiger partial charge in [0.2, 0.25) is 0 Å². The summed E-state index contributed by atoms with van der Waals surface area (Å²) in [6.45, 7) is 4.34. The Hall–Kier alpha value is -0.430. The van der Waals surface area contributed by atoms with E-state index in [1.165, 1.54) is 24.8 Å². The summed E-state index contributed by atoms with van der Waals surface area (Å²) in [6, 6.07) is 10.6. The number of hydrogen-bond acceptors (Lipinski definition) is 1. The zero-order valence-corrected chi connectivity index (χ0v) is 9.35. The van der Waals surface area contributed by atoms with Gasteiger partial charge in [0.15, 0.2) is 0 Å². The average Bonchev–Trinajstić information content (AvgIpc) is 2.04. The van der Waals surface area contributed by atoms with Crippen LogP contribution in [0.15, 0.2) is 30.3 Å². The molecule has 0 spiro atoms. The third-order valence-electron chi connectivity index (χ3n) is 2.10. The van der Waals surface area contributed by atoms with Crippen molar-refractivity contribution in [3.05, 3.63) is 35.9 Å². The number of thiol groups is 1. The quantitative estimate of drug-likeness (QED) is 0.694. The van der Waals surface area contributed by atoms with Crippen molar-refractivity contribution in [1.29, 1.82) is 0 Å². The largest absolute Gasteiger partial charge is 0.173 e. The lowest BCUT2D eigenvalue weighted by molar-refractivity contribution is 0.605. The highest BCUT2D eigenvalue weighted by Crippen LogP contribution is 2.20. The molecule has 0 amide bonds. The molecule has 0 heterocycles. The molecule has 0 aliphatic carbocycles. The third kappa shape index (κ3) is 4.99. The summed E-state index contributed by atoms with van der Waals surface area (Å²) in [5, 5.41) is 0. The Kier molecular flexibility index (Phi) is 3.86.